The summed E-state index contributed by atoms with van der Waals surface area (Å²) < 4.78 is 7.85. The second kappa shape index (κ2) is 10.6. The van der Waals surface area contributed by atoms with Gasteiger partial charge >= 0.3 is 0 Å². The predicted molar refractivity (Wildman–Crippen MR) is 125 cm³/mol. The van der Waals surface area contributed by atoms with Crippen LogP contribution in [0.15, 0.2) is 29.3 Å². The molecular formula is C24H39N5O. The molecule has 0 aliphatic heterocycles. The normalized spacial score (nSPS) is 13.4. The van der Waals surface area contributed by atoms with Gasteiger partial charge < -0.3 is 15.4 Å². The number of aromatic nitrogens is 2. The summed E-state index contributed by atoms with van der Waals surface area (Å²) in [6.07, 6.45) is 0.912. The van der Waals surface area contributed by atoms with E-state index in [2.05, 4.69) is 88.5 Å². The second-order valence-corrected chi connectivity index (χ2v) is 8.94. The summed E-state index contributed by atoms with van der Waals surface area (Å²) >= 11 is 0. The van der Waals surface area contributed by atoms with E-state index in [4.69, 9.17) is 9.73 Å². The van der Waals surface area contributed by atoms with E-state index in [9.17, 15) is 0 Å². The van der Waals surface area contributed by atoms with E-state index in [1.807, 2.05) is 11.7 Å². The minimum absolute atomic E-state index is 0.141. The molecule has 1 aromatic heterocycles. The zero-order valence-electron chi connectivity index (χ0n) is 20.0. The van der Waals surface area contributed by atoms with Crippen molar-refractivity contribution in [2.45, 2.75) is 79.7 Å². The first kappa shape index (κ1) is 23.9. The first-order valence-electron chi connectivity index (χ1n) is 10.8. The number of rotatable bonds is 8. The Kier molecular flexibility index (Phi) is 8.47. The van der Waals surface area contributed by atoms with E-state index in [1.54, 1.807) is 0 Å². The topological polar surface area (TPSA) is 63.5 Å². The highest BCUT2D eigenvalue weighted by Gasteiger charge is 2.14. The zero-order valence-corrected chi connectivity index (χ0v) is 20.0. The molecule has 0 radical (unpaired) electrons. The van der Waals surface area contributed by atoms with Crippen molar-refractivity contribution in [3.63, 3.8) is 0 Å². The number of aliphatic imine (C=N–C) groups is 1. The van der Waals surface area contributed by atoms with E-state index < -0.39 is 0 Å². The Hall–Kier alpha value is -2.34. The number of benzene rings is 1. The van der Waals surface area contributed by atoms with Crippen molar-refractivity contribution in [2.75, 3.05) is 6.54 Å². The minimum atomic E-state index is -0.141. The fourth-order valence-corrected chi connectivity index (χ4v) is 3.31. The Morgan fingerprint density at radius 2 is 1.93 bits per heavy atom. The molecule has 0 bridgehead atoms. The van der Waals surface area contributed by atoms with Crippen LogP contribution in [0.5, 0.6) is 0 Å². The molecule has 2 aromatic rings. The van der Waals surface area contributed by atoms with E-state index in [0.29, 0.717) is 13.2 Å². The number of guanidine groups is 1. The van der Waals surface area contributed by atoms with E-state index >= 15 is 0 Å². The van der Waals surface area contributed by atoms with E-state index in [1.165, 1.54) is 22.4 Å². The molecule has 0 spiro atoms. The first-order chi connectivity index (χ1) is 14.1. The highest BCUT2D eigenvalue weighted by atomic mass is 16.5. The van der Waals surface area contributed by atoms with Crippen molar-refractivity contribution < 1.29 is 4.74 Å². The van der Waals surface area contributed by atoms with Crippen molar-refractivity contribution in [3.8, 4) is 0 Å². The second-order valence-electron chi connectivity index (χ2n) is 8.94. The Morgan fingerprint density at radius 1 is 1.23 bits per heavy atom. The average Bonchev–Trinajstić information content (AvgIpc) is 2.90. The summed E-state index contributed by atoms with van der Waals surface area (Å²) in [6.45, 7) is 16.7. The maximum absolute atomic E-state index is 5.90. The Labute approximate surface area is 182 Å². The SMILES string of the molecule is CCNC(=NCc1cccc(COC(C)(C)C)c1)NC(C)Cc1c(C)nn(C)c1C. The fraction of sp³-hybridized carbons (Fsp3) is 0.583. The van der Waals surface area contributed by atoms with Gasteiger partial charge in [-0.25, -0.2) is 4.99 Å². The molecule has 0 amide bonds. The van der Waals surface area contributed by atoms with E-state index in [-0.39, 0.29) is 11.6 Å². The van der Waals surface area contributed by atoms with Crippen LogP contribution in [0, 0.1) is 13.8 Å². The van der Waals surface area contributed by atoms with Gasteiger partial charge in [-0.3, -0.25) is 4.68 Å². The Balaban J connectivity index is 2.01. The van der Waals surface area contributed by atoms with Crippen molar-refractivity contribution in [3.05, 3.63) is 52.3 Å². The van der Waals surface area contributed by atoms with Crippen molar-refractivity contribution >= 4 is 5.96 Å². The van der Waals surface area contributed by atoms with Gasteiger partial charge in [-0.2, -0.15) is 5.10 Å². The number of ether oxygens (including phenoxy) is 1. The monoisotopic (exact) mass is 413 g/mol. The van der Waals surface area contributed by atoms with Gasteiger partial charge in [-0.15, -0.1) is 0 Å². The molecule has 0 aliphatic rings. The third kappa shape index (κ3) is 7.48. The molecular weight excluding hydrogens is 374 g/mol. The zero-order chi connectivity index (χ0) is 22.3. The third-order valence-corrected chi connectivity index (χ3v) is 4.98. The van der Waals surface area contributed by atoms with Crippen LogP contribution < -0.4 is 10.6 Å². The van der Waals surface area contributed by atoms with Crippen LogP contribution in [0.2, 0.25) is 0 Å². The highest BCUT2D eigenvalue weighted by Crippen LogP contribution is 2.15. The summed E-state index contributed by atoms with van der Waals surface area (Å²) in [7, 11) is 2.00. The summed E-state index contributed by atoms with van der Waals surface area (Å²) in [5, 5.41) is 11.4. The largest absolute Gasteiger partial charge is 0.371 e. The van der Waals surface area contributed by atoms with Crippen LogP contribution in [0.3, 0.4) is 0 Å². The highest BCUT2D eigenvalue weighted by molar-refractivity contribution is 5.80. The molecule has 1 heterocycles. The van der Waals surface area contributed by atoms with Crippen molar-refractivity contribution in [1.82, 2.24) is 20.4 Å². The molecule has 1 aromatic carbocycles. The summed E-state index contributed by atoms with van der Waals surface area (Å²) in [5.41, 5.74) is 5.83. The lowest BCUT2D eigenvalue weighted by molar-refractivity contribution is -0.0149. The number of hydrogen-bond donors (Lipinski definition) is 2. The van der Waals surface area contributed by atoms with Gasteiger partial charge in [-0.1, -0.05) is 24.3 Å². The molecule has 30 heavy (non-hydrogen) atoms. The lowest BCUT2D eigenvalue weighted by Gasteiger charge is -2.20. The minimum Gasteiger partial charge on any atom is -0.371 e. The first-order valence-corrected chi connectivity index (χ1v) is 10.8. The van der Waals surface area contributed by atoms with Crippen molar-refractivity contribution in [2.24, 2.45) is 12.0 Å². The molecule has 6 heteroatoms. The molecule has 6 nitrogen and oxygen atoms in total. The Bertz CT molecular complexity index is 848. The van der Waals surface area contributed by atoms with Crippen LogP contribution >= 0.6 is 0 Å². The summed E-state index contributed by atoms with van der Waals surface area (Å²) in [5.74, 6) is 0.834. The molecule has 0 fully saturated rings. The predicted octanol–water partition coefficient (Wildman–Crippen LogP) is 4.04. The van der Waals surface area contributed by atoms with Gasteiger partial charge in [0, 0.05) is 25.3 Å². The third-order valence-electron chi connectivity index (χ3n) is 4.98. The lowest BCUT2D eigenvalue weighted by atomic mass is 10.1. The van der Waals surface area contributed by atoms with Gasteiger partial charge in [0.05, 0.1) is 24.4 Å². The van der Waals surface area contributed by atoms with Crippen LogP contribution in [-0.4, -0.2) is 33.9 Å². The molecule has 2 N–H and O–H groups in total. The Morgan fingerprint density at radius 3 is 2.53 bits per heavy atom. The summed E-state index contributed by atoms with van der Waals surface area (Å²) in [4.78, 5) is 4.80. The quantitative estimate of drug-likeness (QED) is 0.506. The maximum Gasteiger partial charge on any atom is 0.191 e. The number of nitrogens with zero attached hydrogens (tertiary/aromatic N) is 3. The molecule has 1 unspecified atom stereocenters. The molecule has 0 aliphatic carbocycles. The van der Waals surface area contributed by atoms with Gasteiger partial charge in [0.1, 0.15) is 0 Å². The standard InChI is InChI=1S/C24H39N5O/c1-9-25-23(27-17(2)13-22-18(3)28-29(8)19(22)4)26-15-20-11-10-12-21(14-20)16-30-24(5,6)7/h10-12,14,17H,9,13,15-16H2,1-8H3,(H2,25,26,27). The average molecular weight is 414 g/mol. The van der Waals surface area contributed by atoms with Crippen LogP contribution in [0.25, 0.3) is 0 Å². The van der Waals surface area contributed by atoms with Gasteiger partial charge in [-0.05, 0) is 71.6 Å². The fourth-order valence-electron chi connectivity index (χ4n) is 3.31. The van der Waals surface area contributed by atoms with Crippen LogP contribution in [0.1, 0.15) is 62.7 Å². The molecule has 0 saturated heterocycles. The maximum atomic E-state index is 5.90. The number of nitrogens with one attached hydrogen (secondary N) is 2. The van der Waals surface area contributed by atoms with Crippen LogP contribution in [0.4, 0.5) is 0 Å². The van der Waals surface area contributed by atoms with Gasteiger partial charge in [0.25, 0.3) is 0 Å². The van der Waals surface area contributed by atoms with Crippen molar-refractivity contribution in [1.29, 1.82) is 0 Å². The summed E-state index contributed by atoms with van der Waals surface area (Å²) in [6, 6.07) is 8.70. The molecule has 2 rings (SSSR count). The lowest BCUT2D eigenvalue weighted by Crippen LogP contribution is -2.43. The number of aryl methyl sites for hydroxylation is 2. The van der Waals surface area contributed by atoms with Gasteiger partial charge in [0.15, 0.2) is 5.96 Å². The molecule has 166 valence electrons. The van der Waals surface area contributed by atoms with Gasteiger partial charge in [0.2, 0.25) is 0 Å². The smallest absolute Gasteiger partial charge is 0.191 e. The van der Waals surface area contributed by atoms with Crippen LogP contribution in [-0.2, 0) is 31.4 Å². The number of hydrogen-bond acceptors (Lipinski definition) is 3. The van der Waals surface area contributed by atoms with E-state index in [0.717, 1.165) is 24.6 Å². The molecule has 1 atom stereocenters. The molecule has 0 saturated carbocycles.